The SMILES string of the molecule is O=C(C[C@H](C(=O)N[C@@H](Cc1ccsc1)B(O)O)c1cccc(Cl)c1)c1ccccc1. The number of carbonyl (C=O) groups is 2. The molecule has 1 amide bonds. The van der Waals surface area contributed by atoms with Crippen LogP contribution < -0.4 is 5.32 Å². The zero-order valence-electron chi connectivity index (χ0n) is 16.1. The topological polar surface area (TPSA) is 86.6 Å². The summed E-state index contributed by atoms with van der Waals surface area (Å²) in [6.45, 7) is 0. The molecule has 0 saturated carbocycles. The minimum atomic E-state index is -1.74. The number of thiophene rings is 1. The maximum atomic E-state index is 13.1. The Balaban J connectivity index is 1.82. The Bertz CT molecular complexity index is 982. The Hall–Kier alpha value is -2.45. The van der Waals surface area contributed by atoms with E-state index >= 15 is 0 Å². The average Bonchev–Trinajstić information content (AvgIpc) is 3.25. The Morgan fingerprint density at radius 2 is 1.83 bits per heavy atom. The summed E-state index contributed by atoms with van der Waals surface area (Å²) in [5, 5.41) is 26.5. The van der Waals surface area contributed by atoms with Gasteiger partial charge in [0.05, 0.1) is 11.9 Å². The van der Waals surface area contributed by atoms with Crippen molar-refractivity contribution in [1.82, 2.24) is 5.32 Å². The second-order valence-corrected chi connectivity index (χ2v) is 8.18. The van der Waals surface area contributed by atoms with Crippen LogP contribution in [0.25, 0.3) is 0 Å². The van der Waals surface area contributed by atoms with Gasteiger partial charge in [0.15, 0.2) is 5.78 Å². The standard InChI is InChI=1S/C22H21BClNO4S/c24-18-8-4-7-17(12-18)19(13-20(26)16-5-2-1-3-6-16)22(27)25-21(23(28)29)11-15-9-10-30-14-15/h1-10,12,14,19,21,28-29H,11,13H2,(H,25,27)/t19-,21-/m0/s1. The highest BCUT2D eigenvalue weighted by atomic mass is 35.5. The van der Waals surface area contributed by atoms with Crippen LogP contribution in [-0.2, 0) is 11.2 Å². The molecule has 8 heteroatoms. The van der Waals surface area contributed by atoms with Crippen LogP contribution in [0.15, 0.2) is 71.4 Å². The first kappa shape index (κ1) is 22.2. The van der Waals surface area contributed by atoms with Gasteiger partial charge in [-0.05, 0) is 46.5 Å². The van der Waals surface area contributed by atoms with E-state index in [9.17, 15) is 19.6 Å². The van der Waals surface area contributed by atoms with Crippen molar-refractivity contribution in [2.75, 3.05) is 0 Å². The van der Waals surface area contributed by atoms with Crippen molar-refractivity contribution in [3.8, 4) is 0 Å². The molecular weight excluding hydrogens is 421 g/mol. The molecular formula is C22H21BClNO4S. The monoisotopic (exact) mass is 441 g/mol. The molecule has 2 atom stereocenters. The summed E-state index contributed by atoms with van der Waals surface area (Å²) < 4.78 is 0. The number of hydrogen-bond acceptors (Lipinski definition) is 5. The molecule has 0 radical (unpaired) electrons. The van der Waals surface area contributed by atoms with Gasteiger partial charge >= 0.3 is 7.12 Å². The van der Waals surface area contributed by atoms with Gasteiger partial charge in [-0.15, -0.1) is 0 Å². The lowest BCUT2D eigenvalue weighted by Gasteiger charge is -2.22. The van der Waals surface area contributed by atoms with Crippen LogP contribution in [0, 0.1) is 0 Å². The number of hydrogen-bond donors (Lipinski definition) is 3. The average molecular weight is 442 g/mol. The Kier molecular flexibility index (Phi) is 7.82. The van der Waals surface area contributed by atoms with Crippen LogP contribution in [0.2, 0.25) is 5.02 Å². The maximum Gasteiger partial charge on any atom is 0.475 e. The molecule has 1 heterocycles. The first-order chi connectivity index (χ1) is 14.4. The molecule has 2 aromatic carbocycles. The minimum absolute atomic E-state index is 0.0666. The van der Waals surface area contributed by atoms with Crippen LogP contribution in [0.3, 0.4) is 0 Å². The fourth-order valence-corrected chi connectivity index (χ4v) is 4.07. The first-order valence-corrected chi connectivity index (χ1v) is 10.8. The lowest BCUT2D eigenvalue weighted by Crippen LogP contribution is -2.49. The summed E-state index contributed by atoms with van der Waals surface area (Å²) in [6, 6.07) is 17.4. The minimum Gasteiger partial charge on any atom is -0.426 e. The zero-order chi connectivity index (χ0) is 21.5. The molecule has 5 nitrogen and oxygen atoms in total. The van der Waals surface area contributed by atoms with Crippen LogP contribution >= 0.6 is 22.9 Å². The highest BCUT2D eigenvalue weighted by molar-refractivity contribution is 7.07. The van der Waals surface area contributed by atoms with E-state index in [0.717, 1.165) is 5.56 Å². The molecule has 3 rings (SSSR count). The van der Waals surface area contributed by atoms with Gasteiger partial charge < -0.3 is 15.4 Å². The molecule has 0 aliphatic heterocycles. The molecule has 1 aromatic heterocycles. The summed E-state index contributed by atoms with van der Waals surface area (Å²) in [4.78, 5) is 25.9. The van der Waals surface area contributed by atoms with E-state index in [2.05, 4.69) is 5.32 Å². The van der Waals surface area contributed by atoms with Gasteiger partial charge in [0.2, 0.25) is 5.91 Å². The van der Waals surface area contributed by atoms with Crippen molar-refractivity contribution < 1.29 is 19.6 Å². The lowest BCUT2D eigenvalue weighted by molar-refractivity contribution is -0.123. The Morgan fingerprint density at radius 1 is 1.07 bits per heavy atom. The van der Waals surface area contributed by atoms with Gasteiger partial charge in [-0.3, -0.25) is 9.59 Å². The predicted molar refractivity (Wildman–Crippen MR) is 120 cm³/mol. The van der Waals surface area contributed by atoms with Crippen molar-refractivity contribution in [2.24, 2.45) is 0 Å². The normalized spacial score (nSPS) is 12.8. The highest BCUT2D eigenvalue weighted by Gasteiger charge is 2.31. The summed E-state index contributed by atoms with van der Waals surface area (Å²) in [5.74, 6) is -2.37. The number of Topliss-reactive ketones (excluding diaryl/α,β-unsaturated/α-hetero) is 1. The smallest absolute Gasteiger partial charge is 0.426 e. The molecule has 0 fully saturated rings. The van der Waals surface area contributed by atoms with Gasteiger partial charge in [-0.2, -0.15) is 11.3 Å². The van der Waals surface area contributed by atoms with E-state index in [-0.39, 0.29) is 18.6 Å². The van der Waals surface area contributed by atoms with Crippen molar-refractivity contribution in [3.05, 3.63) is 93.1 Å². The molecule has 0 bridgehead atoms. The third kappa shape index (κ3) is 6.03. The molecule has 0 saturated heterocycles. The van der Waals surface area contributed by atoms with Crippen LogP contribution in [0.4, 0.5) is 0 Å². The number of nitrogens with one attached hydrogen (secondary N) is 1. The summed E-state index contributed by atoms with van der Waals surface area (Å²) in [7, 11) is -1.74. The van der Waals surface area contributed by atoms with Gasteiger partial charge in [0, 0.05) is 17.0 Å². The second kappa shape index (κ2) is 10.5. The summed E-state index contributed by atoms with van der Waals surface area (Å²) >= 11 is 7.59. The van der Waals surface area contributed by atoms with Gasteiger partial charge in [-0.25, -0.2) is 0 Å². The Morgan fingerprint density at radius 3 is 2.47 bits per heavy atom. The molecule has 3 aromatic rings. The van der Waals surface area contributed by atoms with Crippen molar-refractivity contribution in [3.63, 3.8) is 0 Å². The highest BCUT2D eigenvalue weighted by Crippen LogP contribution is 2.25. The maximum absolute atomic E-state index is 13.1. The van der Waals surface area contributed by atoms with Crippen LogP contribution in [-0.4, -0.2) is 34.8 Å². The third-order valence-corrected chi connectivity index (χ3v) is 5.74. The molecule has 154 valence electrons. The van der Waals surface area contributed by atoms with Crippen molar-refractivity contribution >= 4 is 41.7 Å². The summed E-state index contributed by atoms with van der Waals surface area (Å²) in [5.41, 5.74) is 1.98. The van der Waals surface area contributed by atoms with E-state index in [1.807, 2.05) is 22.9 Å². The fourth-order valence-electron chi connectivity index (χ4n) is 3.19. The quantitative estimate of drug-likeness (QED) is 0.350. The molecule has 0 unspecified atom stereocenters. The van der Waals surface area contributed by atoms with Gasteiger partial charge in [-0.1, -0.05) is 54.1 Å². The van der Waals surface area contributed by atoms with Crippen molar-refractivity contribution in [2.45, 2.75) is 24.7 Å². The van der Waals surface area contributed by atoms with Gasteiger partial charge in [0.25, 0.3) is 0 Å². The number of halogens is 1. The van der Waals surface area contributed by atoms with E-state index in [1.165, 1.54) is 11.3 Å². The summed E-state index contributed by atoms with van der Waals surface area (Å²) in [6.07, 6.45) is 0.199. The number of ketones is 1. The van der Waals surface area contributed by atoms with E-state index in [4.69, 9.17) is 11.6 Å². The molecule has 30 heavy (non-hydrogen) atoms. The zero-order valence-corrected chi connectivity index (χ0v) is 17.6. The fraction of sp³-hybridized carbons (Fsp3) is 0.182. The van der Waals surface area contributed by atoms with E-state index in [1.54, 1.807) is 48.5 Å². The van der Waals surface area contributed by atoms with E-state index < -0.39 is 24.9 Å². The lowest BCUT2D eigenvalue weighted by atomic mass is 9.75. The van der Waals surface area contributed by atoms with Crippen molar-refractivity contribution in [1.29, 1.82) is 0 Å². The molecule has 0 spiro atoms. The second-order valence-electron chi connectivity index (χ2n) is 6.97. The predicted octanol–water partition coefficient (Wildman–Crippen LogP) is 3.50. The number of rotatable bonds is 9. The third-order valence-electron chi connectivity index (χ3n) is 4.78. The van der Waals surface area contributed by atoms with Crippen LogP contribution in [0.1, 0.15) is 33.8 Å². The molecule has 0 aliphatic carbocycles. The van der Waals surface area contributed by atoms with Gasteiger partial charge in [0.1, 0.15) is 0 Å². The molecule has 3 N–H and O–H groups in total. The Labute approximate surface area is 184 Å². The van der Waals surface area contributed by atoms with Crippen LogP contribution in [0.5, 0.6) is 0 Å². The number of benzene rings is 2. The number of carbonyl (C=O) groups excluding carboxylic acids is 2. The molecule has 0 aliphatic rings. The first-order valence-electron chi connectivity index (χ1n) is 9.45. The van der Waals surface area contributed by atoms with E-state index in [0.29, 0.717) is 16.1 Å². The largest absolute Gasteiger partial charge is 0.475 e. The number of amides is 1.